The number of halogens is 1. The maximum Gasteiger partial charge on any atom is 0.244 e. The molecule has 3 fully saturated rings. The zero-order valence-electron chi connectivity index (χ0n) is 19.3. The molecule has 3 aliphatic heterocycles. The largest absolute Gasteiger partial charge is 0.394 e. The first-order valence-electron chi connectivity index (χ1n) is 11.2. The molecule has 7 atom stereocenters. The molecule has 3 heterocycles. The Morgan fingerprint density at radius 2 is 1.97 bits per heavy atom. The summed E-state index contributed by atoms with van der Waals surface area (Å²) in [5, 5.41) is 16.2. The van der Waals surface area contributed by atoms with Gasteiger partial charge in [0.15, 0.2) is 0 Å². The van der Waals surface area contributed by atoms with Gasteiger partial charge >= 0.3 is 0 Å². The first kappa shape index (κ1) is 24.8. The number of aliphatic hydroxyl groups is 1. The van der Waals surface area contributed by atoms with Crippen LogP contribution in [0.5, 0.6) is 0 Å². The molecule has 176 valence electrons. The number of fused-ring (bicyclic) bond motifs is 1. The topological polar surface area (TPSA) is 98.7 Å². The van der Waals surface area contributed by atoms with Crippen molar-refractivity contribution >= 4 is 45.4 Å². The molecule has 0 aliphatic carbocycles. The van der Waals surface area contributed by atoms with Crippen LogP contribution in [0.4, 0.5) is 0 Å². The van der Waals surface area contributed by atoms with Gasteiger partial charge in [-0.2, -0.15) is 0 Å². The molecule has 0 aromatic rings. The Morgan fingerprint density at radius 3 is 2.48 bits per heavy atom. The first-order chi connectivity index (χ1) is 14.4. The molecule has 2 bridgehead atoms. The fourth-order valence-corrected chi connectivity index (χ4v) is 9.05. The summed E-state index contributed by atoms with van der Waals surface area (Å²) in [6.45, 7) is 12.0. The average molecular weight is 519 g/mol. The number of aliphatic hydroxyl groups excluding tert-OH is 1. The van der Waals surface area contributed by atoms with Crippen LogP contribution in [0.2, 0.25) is 0 Å². The second-order valence-corrected chi connectivity index (χ2v) is 13.1. The molecule has 0 radical (unpaired) electrons. The minimum absolute atomic E-state index is 0.0246. The van der Waals surface area contributed by atoms with Gasteiger partial charge in [-0.3, -0.25) is 14.4 Å². The van der Waals surface area contributed by atoms with E-state index < -0.39 is 34.2 Å². The molecular weight excluding hydrogens is 482 g/mol. The van der Waals surface area contributed by atoms with Gasteiger partial charge in [0, 0.05) is 22.2 Å². The van der Waals surface area contributed by atoms with E-state index in [4.69, 9.17) is 0 Å². The third-order valence-electron chi connectivity index (χ3n) is 6.64. The van der Waals surface area contributed by atoms with Gasteiger partial charge in [0.05, 0.1) is 29.2 Å². The van der Waals surface area contributed by atoms with Crippen molar-refractivity contribution < 1.29 is 19.5 Å². The van der Waals surface area contributed by atoms with Crippen LogP contribution in [0.25, 0.3) is 0 Å². The highest BCUT2D eigenvalue weighted by Crippen LogP contribution is 2.68. The van der Waals surface area contributed by atoms with E-state index >= 15 is 0 Å². The summed E-state index contributed by atoms with van der Waals surface area (Å²) in [4.78, 5) is 42.3. The molecule has 3 rings (SSSR count). The highest BCUT2D eigenvalue weighted by Gasteiger charge is 2.76. The second kappa shape index (κ2) is 8.86. The number of nitrogens with zero attached hydrogens (tertiary/aromatic N) is 1. The lowest BCUT2D eigenvalue weighted by atomic mass is 9.70. The van der Waals surface area contributed by atoms with Gasteiger partial charge < -0.3 is 20.6 Å². The molecule has 3 amide bonds. The Kier molecular flexibility index (Phi) is 7.10. The van der Waals surface area contributed by atoms with Crippen molar-refractivity contribution in [2.45, 2.75) is 86.8 Å². The summed E-state index contributed by atoms with van der Waals surface area (Å²) in [7, 11) is 0. The van der Waals surface area contributed by atoms with E-state index in [1.807, 2.05) is 41.5 Å². The maximum atomic E-state index is 13.9. The summed E-state index contributed by atoms with van der Waals surface area (Å²) >= 11 is 5.38. The minimum Gasteiger partial charge on any atom is -0.394 e. The molecule has 7 nitrogen and oxygen atoms in total. The average Bonchev–Trinajstić information content (AvgIpc) is 3.23. The van der Waals surface area contributed by atoms with Crippen LogP contribution < -0.4 is 10.6 Å². The van der Waals surface area contributed by atoms with E-state index in [0.29, 0.717) is 13.0 Å². The SMILES string of the molecule is CCCNC(=O)[C@H]1[C@@H]2SC3(CC2Br)C(C(=O)NC(C)(C)C)N([C@@H](CO)C(C)C)C(=O)[C@H]13. The molecule has 0 aromatic carbocycles. The zero-order chi connectivity index (χ0) is 23.3. The number of carbonyl (C=O) groups excluding carboxylic acids is 3. The van der Waals surface area contributed by atoms with Crippen molar-refractivity contribution in [2.24, 2.45) is 17.8 Å². The highest BCUT2D eigenvalue weighted by atomic mass is 79.9. The Labute approximate surface area is 198 Å². The van der Waals surface area contributed by atoms with Gasteiger partial charge in [0.2, 0.25) is 17.7 Å². The number of likely N-dealkylation sites (tertiary alicyclic amines) is 1. The van der Waals surface area contributed by atoms with Crippen molar-refractivity contribution in [1.29, 1.82) is 0 Å². The quantitative estimate of drug-likeness (QED) is 0.448. The number of hydrogen-bond donors (Lipinski definition) is 3. The number of thioether (sulfide) groups is 1. The fourth-order valence-electron chi connectivity index (χ4n) is 5.45. The van der Waals surface area contributed by atoms with Crippen molar-refractivity contribution in [3.8, 4) is 0 Å². The third kappa shape index (κ3) is 4.14. The Morgan fingerprint density at radius 1 is 1.32 bits per heavy atom. The standard InChI is InChI=1S/C22H36BrN3O4S/c1-7-8-24-18(28)14-15-20(30)26(13(10-27)11(2)3)17(19(29)25-21(4,5)6)22(15)9-12(23)16(14)31-22/h11-17,27H,7-10H2,1-6H3,(H,24,28)(H,25,29)/t12?,13-,14+,15-,16+,17?,22?/m0/s1. The predicted molar refractivity (Wildman–Crippen MR) is 126 cm³/mol. The molecule has 3 N–H and O–H groups in total. The van der Waals surface area contributed by atoms with Crippen LogP contribution in [-0.2, 0) is 14.4 Å². The Bertz CT molecular complexity index is 743. The van der Waals surface area contributed by atoms with Crippen LogP contribution in [0.3, 0.4) is 0 Å². The lowest BCUT2D eigenvalue weighted by Gasteiger charge is -2.39. The van der Waals surface area contributed by atoms with Gasteiger partial charge in [-0.05, 0) is 39.5 Å². The van der Waals surface area contributed by atoms with Crippen LogP contribution in [-0.4, -0.2) is 73.3 Å². The first-order valence-corrected chi connectivity index (χ1v) is 13.0. The summed E-state index contributed by atoms with van der Waals surface area (Å²) in [5.41, 5.74) is -0.458. The summed E-state index contributed by atoms with van der Waals surface area (Å²) in [6.07, 6.45) is 1.46. The zero-order valence-corrected chi connectivity index (χ0v) is 21.7. The number of amides is 3. The molecule has 3 saturated heterocycles. The van der Waals surface area contributed by atoms with Crippen LogP contribution in [0.1, 0.15) is 54.4 Å². The smallest absolute Gasteiger partial charge is 0.244 e. The summed E-state index contributed by atoms with van der Waals surface area (Å²) in [5.74, 6) is -1.55. The minimum atomic E-state index is -0.720. The van der Waals surface area contributed by atoms with Gasteiger partial charge in [-0.25, -0.2) is 0 Å². The molecule has 0 saturated carbocycles. The third-order valence-corrected chi connectivity index (χ3v) is 9.86. The number of alkyl halides is 1. The second-order valence-electron chi connectivity index (χ2n) is 10.4. The van der Waals surface area contributed by atoms with Gasteiger partial charge in [-0.1, -0.05) is 36.7 Å². The van der Waals surface area contributed by atoms with E-state index in [9.17, 15) is 19.5 Å². The van der Waals surface area contributed by atoms with Crippen molar-refractivity contribution in [2.75, 3.05) is 13.2 Å². The fraction of sp³-hybridized carbons (Fsp3) is 0.864. The molecule has 3 unspecified atom stereocenters. The number of rotatable bonds is 7. The summed E-state index contributed by atoms with van der Waals surface area (Å²) in [6, 6.07) is -1.20. The molecule has 1 spiro atoms. The van der Waals surface area contributed by atoms with Gasteiger partial charge in [0.1, 0.15) is 6.04 Å². The van der Waals surface area contributed by atoms with Gasteiger partial charge in [0.25, 0.3) is 0 Å². The van der Waals surface area contributed by atoms with Gasteiger partial charge in [-0.15, -0.1) is 11.8 Å². The Hall–Kier alpha value is -0.800. The van der Waals surface area contributed by atoms with E-state index in [1.54, 1.807) is 16.7 Å². The number of nitrogens with one attached hydrogen (secondary N) is 2. The normalized spacial score (nSPS) is 35.5. The molecular formula is C22H36BrN3O4S. The molecule has 0 aromatic heterocycles. The van der Waals surface area contributed by atoms with E-state index in [0.717, 1.165) is 6.42 Å². The monoisotopic (exact) mass is 517 g/mol. The molecule has 31 heavy (non-hydrogen) atoms. The van der Waals surface area contributed by atoms with Crippen molar-refractivity contribution in [3.05, 3.63) is 0 Å². The lowest BCUT2D eigenvalue weighted by Crippen LogP contribution is -2.60. The van der Waals surface area contributed by atoms with Crippen LogP contribution in [0, 0.1) is 17.8 Å². The van der Waals surface area contributed by atoms with Crippen molar-refractivity contribution in [1.82, 2.24) is 15.5 Å². The maximum absolute atomic E-state index is 13.9. The lowest BCUT2D eigenvalue weighted by molar-refractivity contribution is -0.144. The van der Waals surface area contributed by atoms with E-state index in [-0.39, 0.29) is 40.3 Å². The summed E-state index contributed by atoms with van der Waals surface area (Å²) < 4.78 is -0.679. The highest BCUT2D eigenvalue weighted by molar-refractivity contribution is 9.09. The van der Waals surface area contributed by atoms with Crippen LogP contribution >= 0.6 is 27.7 Å². The van der Waals surface area contributed by atoms with E-state index in [2.05, 4.69) is 26.6 Å². The number of hydrogen-bond acceptors (Lipinski definition) is 5. The molecule has 9 heteroatoms. The predicted octanol–water partition coefficient (Wildman–Crippen LogP) is 1.91. The van der Waals surface area contributed by atoms with Crippen molar-refractivity contribution in [3.63, 3.8) is 0 Å². The van der Waals surface area contributed by atoms with E-state index in [1.165, 1.54) is 0 Å². The Balaban J connectivity index is 2.08. The molecule has 3 aliphatic rings. The number of carbonyl (C=O) groups is 3. The van der Waals surface area contributed by atoms with Crippen LogP contribution in [0.15, 0.2) is 0 Å².